The van der Waals surface area contributed by atoms with Gasteiger partial charge in [-0.05, 0) is 18.6 Å². The monoisotopic (exact) mass is 259 g/mol. The molecule has 1 amide bonds. The van der Waals surface area contributed by atoms with Crippen molar-refractivity contribution in [3.8, 4) is 0 Å². The molecule has 0 saturated carbocycles. The van der Waals surface area contributed by atoms with E-state index in [-0.39, 0.29) is 11.9 Å². The van der Waals surface area contributed by atoms with Crippen LogP contribution in [0, 0.1) is 0 Å². The number of rotatable bonds is 7. The van der Waals surface area contributed by atoms with Crippen LogP contribution >= 0.6 is 11.6 Å². The predicted octanol–water partition coefficient (Wildman–Crippen LogP) is 2.22. The summed E-state index contributed by atoms with van der Waals surface area (Å²) in [7, 11) is 1.59. The molecule has 96 valence electrons. The van der Waals surface area contributed by atoms with Crippen LogP contribution in [0.5, 0.6) is 0 Å². The van der Waals surface area contributed by atoms with Gasteiger partial charge in [0.1, 0.15) is 5.76 Å². The average Bonchev–Trinajstić information content (AvgIpc) is 2.78. The van der Waals surface area contributed by atoms with E-state index >= 15 is 0 Å². The summed E-state index contributed by atoms with van der Waals surface area (Å²) >= 11 is 5.66. The Kier molecular flexibility index (Phi) is 6.08. The number of halogens is 1. The topological polar surface area (TPSA) is 51.5 Å². The molecule has 17 heavy (non-hydrogen) atoms. The average molecular weight is 260 g/mol. The Bertz CT molecular complexity index is 345. The van der Waals surface area contributed by atoms with E-state index in [0.29, 0.717) is 24.7 Å². The van der Waals surface area contributed by atoms with Crippen LogP contribution in [0.4, 0.5) is 0 Å². The smallest absolute Gasteiger partial charge is 0.287 e. The number of nitrogens with one attached hydrogen (secondary N) is 1. The quantitative estimate of drug-likeness (QED) is 0.764. The van der Waals surface area contributed by atoms with E-state index in [0.717, 1.165) is 12.2 Å². The molecule has 1 heterocycles. The zero-order valence-electron chi connectivity index (χ0n) is 10.2. The molecule has 0 radical (unpaired) electrons. The highest BCUT2D eigenvalue weighted by molar-refractivity contribution is 6.17. The van der Waals surface area contributed by atoms with Crippen molar-refractivity contribution >= 4 is 17.5 Å². The molecule has 5 heteroatoms. The number of carbonyl (C=O) groups is 1. The van der Waals surface area contributed by atoms with E-state index in [1.54, 1.807) is 13.2 Å². The lowest BCUT2D eigenvalue weighted by Gasteiger charge is -2.15. The zero-order valence-corrected chi connectivity index (χ0v) is 10.9. The van der Waals surface area contributed by atoms with Gasteiger partial charge in [0.05, 0.1) is 12.6 Å². The summed E-state index contributed by atoms with van der Waals surface area (Å²) in [6.45, 7) is 2.42. The Hall–Kier alpha value is -1.00. The Morgan fingerprint density at radius 2 is 2.35 bits per heavy atom. The van der Waals surface area contributed by atoms with Crippen LogP contribution in [0.2, 0.25) is 0 Å². The van der Waals surface area contributed by atoms with Crippen LogP contribution in [0.25, 0.3) is 0 Å². The minimum Gasteiger partial charge on any atom is -0.456 e. The van der Waals surface area contributed by atoms with Gasteiger partial charge in [0, 0.05) is 19.4 Å². The normalized spacial score (nSPS) is 12.4. The first kappa shape index (κ1) is 14.1. The second-order valence-electron chi connectivity index (χ2n) is 3.72. The second kappa shape index (κ2) is 7.35. The first-order valence-electron chi connectivity index (χ1n) is 5.65. The van der Waals surface area contributed by atoms with E-state index in [1.165, 1.54) is 0 Å². The third kappa shape index (κ3) is 4.40. The van der Waals surface area contributed by atoms with Gasteiger partial charge in [0.15, 0.2) is 5.76 Å². The van der Waals surface area contributed by atoms with E-state index < -0.39 is 0 Å². The molecule has 1 aromatic rings. The summed E-state index contributed by atoms with van der Waals surface area (Å²) < 4.78 is 10.4. The van der Waals surface area contributed by atoms with Crippen molar-refractivity contribution in [2.75, 3.05) is 19.6 Å². The molecule has 0 aliphatic rings. The Labute approximate surface area is 106 Å². The molecule has 0 fully saturated rings. The summed E-state index contributed by atoms with van der Waals surface area (Å²) in [5.74, 6) is 1.39. The van der Waals surface area contributed by atoms with Crippen LogP contribution < -0.4 is 5.32 Å². The fourth-order valence-electron chi connectivity index (χ4n) is 1.48. The zero-order chi connectivity index (χ0) is 12.7. The molecule has 0 aliphatic heterocycles. The molecular formula is C12H18ClNO3. The predicted molar refractivity (Wildman–Crippen MR) is 66.6 cm³/mol. The van der Waals surface area contributed by atoms with Crippen LogP contribution in [0.15, 0.2) is 16.5 Å². The Morgan fingerprint density at radius 1 is 1.59 bits per heavy atom. The number of ether oxygens (including phenoxy) is 1. The van der Waals surface area contributed by atoms with Gasteiger partial charge in [-0.15, -0.1) is 11.6 Å². The van der Waals surface area contributed by atoms with Gasteiger partial charge >= 0.3 is 0 Å². The van der Waals surface area contributed by atoms with Crippen molar-refractivity contribution in [2.45, 2.75) is 25.8 Å². The molecular weight excluding hydrogens is 242 g/mol. The summed E-state index contributed by atoms with van der Waals surface area (Å²) in [6.07, 6.45) is 1.44. The maximum atomic E-state index is 11.8. The SMILES string of the molecule is CCc1ccc(C(=O)NC(CCCl)COC)o1. The van der Waals surface area contributed by atoms with Crippen LogP contribution in [0.3, 0.4) is 0 Å². The van der Waals surface area contributed by atoms with Crippen molar-refractivity contribution in [2.24, 2.45) is 0 Å². The van der Waals surface area contributed by atoms with Gasteiger partial charge in [-0.2, -0.15) is 0 Å². The van der Waals surface area contributed by atoms with E-state index in [2.05, 4.69) is 5.32 Å². The number of carbonyl (C=O) groups excluding carboxylic acids is 1. The first-order chi connectivity index (χ1) is 8.21. The van der Waals surface area contributed by atoms with Gasteiger partial charge in [-0.3, -0.25) is 4.79 Å². The fraction of sp³-hybridized carbons (Fsp3) is 0.583. The maximum absolute atomic E-state index is 11.8. The lowest BCUT2D eigenvalue weighted by Crippen LogP contribution is -2.38. The van der Waals surface area contributed by atoms with E-state index in [4.69, 9.17) is 20.8 Å². The Balaban J connectivity index is 2.56. The highest BCUT2D eigenvalue weighted by Crippen LogP contribution is 2.09. The van der Waals surface area contributed by atoms with Crippen LogP contribution in [-0.2, 0) is 11.2 Å². The summed E-state index contributed by atoms with van der Waals surface area (Å²) in [5, 5.41) is 2.83. The molecule has 0 aromatic carbocycles. The van der Waals surface area contributed by atoms with Gasteiger partial charge in [-0.1, -0.05) is 6.92 Å². The standard InChI is InChI=1S/C12H18ClNO3/c1-3-10-4-5-11(17-10)12(15)14-9(6-7-13)8-16-2/h4-5,9H,3,6-8H2,1-2H3,(H,14,15). The summed E-state index contributed by atoms with van der Waals surface area (Å²) in [5.41, 5.74) is 0. The summed E-state index contributed by atoms with van der Waals surface area (Å²) in [4.78, 5) is 11.8. The molecule has 0 saturated heterocycles. The van der Waals surface area contributed by atoms with Crippen molar-refractivity contribution in [1.29, 1.82) is 0 Å². The van der Waals surface area contributed by atoms with Crippen LogP contribution in [0.1, 0.15) is 29.7 Å². The number of amides is 1. The molecule has 1 atom stereocenters. The van der Waals surface area contributed by atoms with Gasteiger partial charge < -0.3 is 14.5 Å². The fourth-order valence-corrected chi connectivity index (χ4v) is 1.74. The molecule has 1 rings (SSSR count). The Morgan fingerprint density at radius 3 is 2.88 bits per heavy atom. The van der Waals surface area contributed by atoms with Crippen LogP contribution in [-0.4, -0.2) is 31.5 Å². The lowest BCUT2D eigenvalue weighted by atomic mass is 10.2. The minimum absolute atomic E-state index is 0.0832. The highest BCUT2D eigenvalue weighted by Gasteiger charge is 2.15. The molecule has 1 aromatic heterocycles. The minimum atomic E-state index is -0.225. The first-order valence-corrected chi connectivity index (χ1v) is 6.19. The molecule has 4 nitrogen and oxygen atoms in total. The van der Waals surface area contributed by atoms with Crippen molar-refractivity contribution in [3.05, 3.63) is 23.7 Å². The third-order valence-electron chi connectivity index (χ3n) is 2.39. The number of furan rings is 1. The summed E-state index contributed by atoms with van der Waals surface area (Å²) in [6, 6.07) is 3.40. The molecule has 1 unspecified atom stereocenters. The van der Waals surface area contributed by atoms with Gasteiger partial charge in [0.2, 0.25) is 0 Å². The second-order valence-corrected chi connectivity index (χ2v) is 4.10. The third-order valence-corrected chi connectivity index (χ3v) is 2.61. The van der Waals surface area contributed by atoms with Crippen molar-refractivity contribution in [1.82, 2.24) is 5.32 Å². The highest BCUT2D eigenvalue weighted by atomic mass is 35.5. The van der Waals surface area contributed by atoms with Crippen molar-refractivity contribution < 1.29 is 13.9 Å². The molecule has 0 aliphatic carbocycles. The molecule has 0 bridgehead atoms. The van der Waals surface area contributed by atoms with Crippen molar-refractivity contribution in [3.63, 3.8) is 0 Å². The number of aryl methyl sites for hydroxylation is 1. The van der Waals surface area contributed by atoms with E-state index in [9.17, 15) is 4.79 Å². The number of methoxy groups -OCH3 is 1. The maximum Gasteiger partial charge on any atom is 0.287 e. The molecule has 1 N–H and O–H groups in total. The van der Waals surface area contributed by atoms with E-state index in [1.807, 2.05) is 13.0 Å². The number of hydrogen-bond acceptors (Lipinski definition) is 3. The lowest BCUT2D eigenvalue weighted by molar-refractivity contribution is 0.0866. The van der Waals surface area contributed by atoms with Gasteiger partial charge in [0.25, 0.3) is 5.91 Å². The number of alkyl halides is 1. The molecule has 0 spiro atoms. The largest absolute Gasteiger partial charge is 0.456 e. The van der Waals surface area contributed by atoms with Gasteiger partial charge in [-0.25, -0.2) is 0 Å². The number of hydrogen-bond donors (Lipinski definition) is 1.